The van der Waals surface area contributed by atoms with Crippen molar-refractivity contribution in [1.82, 2.24) is 5.06 Å². The summed E-state index contributed by atoms with van der Waals surface area (Å²) < 4.78 is 88.5. The van der Waals surface area contributed by atoms with E-state index >= 15 is 0 Å². The van der Waals surface area contributed by atoms with Gasteiger partial charge in [-0.05, 0) is 24.5 Å². The van der Waals surface area contributed by atoms with Gasteiger partial charge in [0, 0.05) is 12.6 Å². The van der Waals surface area contributed by atoms with Crippen molar-refractivity contribution in [2.24, 2.45) is 5.41 Å². The van der Waals surface area contributed by atoms with E-state index in [1.165, 1.54) is 14.0 Å². The molecule has 0 bridgehead atoms. The second kappa shape index (κ2) is 8.78. The standard InChI is InChI=1S/C21H23F6NO4/c1-5-13-12-18(17(29)28(2)32-4,19(30,20(22,23)24)21(25,26)27)11-10-14(13)15-8-6-7-9-16(15)31-3/h6-11,30H,5,12H2,1-4H3. The highest BCUT2D eigenvalue weighted by Crippen LogP contribution is 2.59. The highest BCUT2D eigenvalue weighted by Gasteiger charge is 2.81. The van der Waals surface area contributed by atoms with E-state index in [0.29, 0.717) is 23.0 Å². The largest absolute Gasteiger partial charge is 0.496 e. The lowest BCUT2D eigenvalue weighted by atomic mass is 9.62. The lowest BCUT2D eigenvalue weighted by Gasteiger charge is -2.48. The first-order valence-corrected chi connectivity index (χ1v) is 9.44. The molecule has 1 aromatic carbocycles. The number of hydroxylamine groups is 2. The minimum Gasteiger partial charge on any atom is -0.496 e. The van der Waals surface area contributed by atoms with Gasteiger partial charge in [0.25, 0.3) is 11.5 Å². The van der Waals surface area contributed by atoms with E-state index < -0.39 is 35.7 Å². The Labute approximate surface area is 180 Å². The van der Waals surface area contributed by atoms with Crippen LogP contribution in [0.5, 0.6) is 5.75 Å². The zero-order valence-electron chi connectivity index (χ0n) is 17.8. The van der Waals surface area contributed by atoms with Crippen LogP contribution in [0.1, 0.15) is 25.3 Å². The van der Waals surface area contributed by atoms with E-state index in [1.54, 1.807) is 24.3 Å². The van der Waals surface area contributed by atoms with Crippen molar-refractivity contribution in [3.8, 4) is 5.75 Å². The van der Waals surface area contributed by atoms with Crippen molar-refractivity contribution in [2.45, 2.75) is 37.7 Å². The average molecular weight is 467 g/mol. The van der Waals surface area contributed by atoms with Crippen molar-refractivity contribution in [2.75, 3.05) is 21.3 Å². The molecule has 1 aromatic rings. The van der Waals surface area contributed by atoms with Crippen molar-refractivity contribution in [3.05, 3.63) is 47.6 Å². The summed E-state index contributed by atoms with van der Waals surface area (Å²) in [7, 11) is 3.15. The smallest absolute Gasteiger partial charge is 0.427 e. The first-order valence-electron chi connectivity index (χ1n) is 9.44. The molecule has 32 heavy (non-hydrogen) atoms. The van der Waals surface area contributed by atoms with Crippen LogP contribution in [0.25, 0.3) is 5.57 Å². The summed E-state index contributed by atoms with van der Waals surface area (Å²) in [5.41, 5.74) is -8.00. The topological polar surface area (TPSA) is 59.0 Å². The number of carbonyl (C=O) groups excluding carboxylic acids is 1. The Morgan fingerprint density at radius 2 is 1.69 bits per heavy atom. The summed E-state index contributed by atoms with van der Waals surface area (Å²) in [6, 6.07) is 6.44. The molecule has 1 atom stereocenters. The number of para-hydroxylation sites is 1. The third kappa shape index (κ3) is 3.88. The Bertz CT molecular complexity index is 908. The van der Waals surface area contributed by atoms with Gasteiger partial charge < -0.3 is 9.84 Å². The van der Waals surface area contributed by atoms with Crippen LogP contribution >= 0.6 is 0 Å². The number of ether oxygens (including phenoxy) is 1. The lowest BCUT2D eigenvalue weighted by Crippen LogP contribution is -2.70. The molecule has 0 saturated heterocycles. The molecule has 5 nitrogen and oxygen atoms in total. The number of alkyl halides is 6. The average Bonchev–Trinajstić information content (AvgIpc) is 2.75. The molecule has 0 aromatic heterocycles. The molecule has 0 saturated carbocycles. The molecule has 1 N–H and O–H groups in total. The van der Waals surface area contributed by atoms with Gasteiger partial charge in [0.05, 0.1) is 14.2 Å². The fourth-order valence-corrected chi connectivity index (χ4v) is 3.88. The lowest BCUT2D eigenvalue weighted by molar-refractivity contribution is -0.393. The van der Waals surface area contributed by atoms with Gasteiger partial charge in [0.15, 0.2) is 0 Å². The molecule has 0 fully saturated rings. The summed E-state index contributed by atoms with van der Waals surface area (Å²) in [5.74, 6) is -1.36. The SMILES string of the molecule is CCC1=C(c2ccccc2OC)C=CC(C(=O)N(C)OC)(C(O)(C(F)(F)F)C(F)(F)F)C1. The third-order valence-corrected chi connectivity index (χ3v) is 5.64. The highest BCUT2D eigenvalue weighted by molar-refractivity contribution is 5.91. The Kier molecular flexibility index (Phi) is 7.06. The number of carbonyl (C=O) groups is 1. The number of rotatable bonds is 6. The number of halogens is 6. The van der Waals surface area contributed by atoms with Crippen LogP contribution in [0, 0.1) is 5.41 Å². The van der Waals surface area contributed by atoms with Gasteiger partial charge in [0.2, 0.25) is 0 Å². The predicted molar refractivity (Wildman–Crippen MR) is 103 cm³/mol. The molecule has 0 heterocycles. The highest BCUT2D eigenvalue weighted by atomic mass is 19.4. The van der Waals surface area contributed by atoms with Crippen LogP contribution < -0.4 is 4.74 Å². The van der Waals surface area contributed by atoms with Gasteiger partial charge in [-0.2, -0.15) is 26.3 Å². The minimum absolute atomic E-state index is 0.00917. The van der Waals surface area contributed by atoms with E-state index in [9.17, 15) is 36.2 Å². The number of allylic oxidation sites excluding steroid dienone is 3. The fourth-order valence-electron chi connectivity index (χ4n) is 3.88. The Hall–Kier alpha value is -2.53. The zero-order valence-corrected chi connectivity index (χ0v) is 17.8. The quantitative estimate of drug-likeness (QED) is 0.488. The first-order chi connectivity index (χ1) is 14.7. The molecule has 178 valence electrons. The van der Waals surface area contributed by atoms with Crippen LogP contribution in [0.15, 0.2) is 42.0 Å². The van der Waals surface area contributed by atoms with Gasteiger partial charge >= 0.3 is 12.4 Å². The number of amides is 1. The summed E-state index contributed by atoms with van der Waals surface area (Å²) >= 11 is 0. The van der Waals surface area contributed by atoms with E-state index in [0.717, 1.165) is 20.2 Å². The van der Waals surface area contributed by atoms with Gasteiger partial charge in [-0.25, -0.2) is 5.06 Å². The van der Waals surface area contributed by atoms with Crippen LogP contribution in [0.4, 0.5) is 26.3 Å². The van der Waals surface area contributed by atoms with E-state index in [2.05, 4.69) is 4.84 Å². The van der Waals surface area contributed by atoms with Crippen LogP contribution in [-0.2, 0) is 9.63 Å². The van der Waals surface area contributed by atoms with E-state index in [4.69, 9.17) is 4.74 Å². The number of nitrogens with zero attached hydrogens (tertiary/aromatic N) is 1. The van der Waals surface area contributed by atoms with Crippen molar-refractivity contribution in [3.63, 3.8) is 0 Å². The molecule has 1 aliphatic rings. The van der Waals surface area contributed by atoms with Crippen LogP contribution in [-0.4, -0.2) is 55.3 Å². The van der Waals surface area contributed by atoms with Gasteiger partial charge in [-0.3, -0.25) is 9.63 Å². The maximum absolute atomic E-state index is 13.9. The number of hydrogen-bond acceptors (Lipinski definition) is 4. The summed E-state index contributed by atoms with van der Waals surface area (Å²) in [4.78, 5) is 17.6. The number of methoxy groups -OCH3 is 1. The van der Waals surface area contributed by atoms with Gasteiger partial charge in [-0.15, -0.1) is 0 Å². The van der Waals surface area contributed by atoms with Crippen molar-refractivity contribution < 1.29 is 45.8 Å². The Morgan fingerprint density at radius 1 is 1.12 bits per heavy atom. The van der Waals surface area contributed by atoms with Crippen LogP contribution in [0.3, 0.4) is 0 Å². The normalized spacial score (nSPS) is 19.8. The molecule has 1 amide bonds. The molecule has 1 aliphatic carbocycles. The monoisotopic (exact) mass is 467 g/mol. The molecule has 2 rings (SSSR count). The molecule has 0 radical (unpaired) electrons. The van der Waals surface area contributed by atoms with Gasteiger partial charge in [0.1, 0.15) is 11.2 Å². The minimum atomic E-state index is -6.22. The first kappa shape index (κ1) is 25.7. The second-order valence-corrected chi connectivity index (χ2v) is 7.24. The molecule has 1 unspecified atom stereocenters. The number of aliphatic hydroxyl groups is 1. The second-order valence-electron chi connectivity index (χ2n) is 7.24. The van der Waals surface area contributed by atoms with Crippen molar-refractivity contribution in [1.29, 1.82) is 0 Å². The summed E-state index contributed by atoms with van der Waals surface area (Å²) in [5, 5.41) is 10.5. The number of benzene rings is 1. The third-order valence-electron chi connectivity index (χ3n) is 5.64. The molecule has 0 aliphatic heterocycles. The van der Waals surface area contributed by atoms with E-state index in [1.807, 2.05) is 0 Å². The molecular formula is C21H23F6NO4. The Morgan fingerprint density at radius 3 is 2.16 bits per heavy atom. The summed E-state index contributed by atoms with van der Waals surface area (Å²) in [6.45, 7) is 1.53. The Balaban J connectivity index is 2.85. The maximum atomic E-state index is 13.9. The zero-order chi connectivity index (χ0) is 24.5. The van der Waals surface area contributed by atoms with E-state index in [-0.39, 0.29) is 17.1 Å². The van der Waals surface area contributed by atoms with Gasteiger partial charge in [-0.1, -0.05) is 42.8 Å². The molecule has 11 heteroatoms. The maximum Gasteiger partial charge on any atom is 0.427 e. The molecular weight excluding hydrogens is 444 g/mol. The number of hydrogen-bond donors (Lipinski definition) is 1. The summed E-state index contributed by atoms with van der Waals surface area (Å²) in [6.07, 6.45) is -12.0. The predicted octanol–water partition coefficient (Wildman–Crippen LogP) is 4.68. The van der Waals surface area contributed by atoms with Crippen molar-refractivity contribution >= 4 is 11.5 Å². The molecule has 0 spiro atoms. The fraction of sp³-hybridized carbons (Fsp3) is 0.476. The van der Waals surface area contributed by atoms with Crippen LogP contribution in [0.2, 0.25) is 0 Å².